The summed E-state index contributed by atoms with van der Waals surface area (Å²) in [4.78, 5) is 0. The first-order chi connectivity index (χ1) is 6.30. The van der Waals surface area contributed by atoms with Gasteiger partial charge in [0, 0.05) is 23.3 Å². The van der Waals surface area contributed by atoms with Gasteiger partial charge >= 0.3 is 0 Å². The first-order valence-electron chi connectivity index (χ1n) is 4.94. The van der Waals surface area contributed by atoms with E-state index in [2.05, 4.69) is 17.4 Å². The normalized spacial score (nSPS) is 22.2. The van der Waals surface area contributed by atoms with Crippen molar-refractivity contribution in [3.05, 3.63) is 23.8 Å². The second-order valence-corrected chi connectivity index (χ2v) is 4.29. The molecular formula is C11H14N2. The summed E-state index contributed by atoms with van der Waals surface area (Å²) in [5.41, 5.74) is 9.83. The maximum atomic E-state index is 5.74. The number of hydrogen-bond acceptors (Lipinski definition) is 2. The molecule has 3 rings (SSSR count). The molecular weight excluding hydrogens is 160 g/mol. The number of anilines is 2. The van der Waals surface area contributed by atoms with Gasteiger partial charge in [0.1, 0.15) is 0 Å². The summed E-state index contributed by atoms with van der Waals surface area (Å²) < 4.78 is 0. The predicted molar refractivity (Wildman–Crippen MR) is 54.9 cm³/mol. The summed E-state index contributed by atoms with van der Waals surface area (Å²) in [6, 6.07) is 6.28. The smallest absolute Gasteiger partial charge is 0.0400 e. The van der Waals surface area contributed by atoms with Crippen LogP contribution >= 0.6 is 0 Å². The van der Waals surface area contributed by atoms with E-state index in [1.807, 2.05) is 6.07 Å². The predicted octanol–water partition coefficient (Wildman–Crippen LogP) is 2.12. The van der Waals surface area contributed by atoms with Crippen LogP contribution in [0.2, 0.25) is 0 Å². The number of rotatable bonds is 0. The molecule has 2 heteroatoms. The molecule has 1 spiro atoms. The van der Waals surface area contributed by atoms with Crippen LogP contribution in [-0.2, 0) is 5.41 Å². The van der Waals surface area contributed by atoms with Crippen molar-refractivity contribution in [3.8, 4) is 0 Å². The van der Waals surface area contributed by atoms with Crippen molar-refractivity contribution in [2.24, 2.45) is 0 Å². The van der Waals surface area contributed by atoms with E-state index in [0.717, 1.165) is 12.2 Å². The largest absolute Gasteiger partial charge is 0.399 e. The first-order valence-corrected chi connectivity index (χ1v) is 4.94. The van der Waals surface area contributed by atoms with Gasteiger partial charge in [-0.15, -0.1) is 0 Å². The van der Waals surface area contributed by atoms with Gasteiger partial charge in [0.15, 0.2) is 0 Å². The molecule has 1 aliphatic carbocycles. The highest BCUT2D eigenvalue weighted by molar-refractivity contribution is 5.66. The fraction of sp³-hybridized carbons (Fsp3) is 0.455. The van der Waals surface area contributed by atoms with E-state index in [0.29, 0.717) is 5.41 Å². The Kier molecular flexibility index (Phi) is 1.22. The van der Waals surface area contributed by atoms with E-state index in [4.69, 9.17) is 5.73 Å². The maximum Gasteiger partial charge on any atom is 0.0400 e. The van der Waals surface area contributed by atoms with Crippen LogP contribution in [0.5, 0.6) is 0 Å². The highest BCUT2D eigenvalue weighted by Gasteiger charge is 2.43. The fourth-order valence-electron chi connectivity index (χ4n) is 2.58. The van der Waals surface area contributed by atoms with E-state index in [1.165, 1.54) is 30.5 Å². The topological polar surface area (TPSA) is 38.0 Å². The maximum absolute atomic E-state index is 5.74. The molecule has 0 radical (unpaired) electrons. The standard InChI is InChI=1S/C11H14N2/c12-8-2-3-9-10(6-8)13-7-11(9)4-1-5-11/h2-3,6,13H,1,4-5,7,12H2. The zero-order chi connectivity index (χ0) is 8.89. The van der Waals surface area contributed by atoms with Crippen LogP contribution in [0.4, 0.5) is 11.4 Å². The summed E-state index contributed by atoms with van der Waals surface area (Å²) in [6.45, 7) is 1.12. The third-order valence-corrected chi connectivity index (χ3v) is 3.54. The van der Waals surface area contributed by atoms with Crippen molar-refractivity contribution in [2.75, 3.05) is 17.6 Å². The fourth-order valence-corrected chi connectivity index (χ4v) is 2.58. The minimum absolute atomic E-state index is 0.475. The molecule has 0 unspecified atom stereocenters. The van der Waals surface area contributed by atoms with Gasteiger partial charge in [-0.3, -0.25) is 0 Å². The molecule has 1 aromatic rings. The number of benzene rings is 1. The van der Waals surface area contributed by atoms with Crippen molar-refractivity contribution in [1.82, 2.24) is 0 Å². The number of hydrogen-bond donors (Lipinski definition) is 2. The summed E-state index contributed by atoms with van der Waals surface area (Å²) in [5.74, 6) is 0. The Hall–Kier alpha value is -1.18. The SMILES string of the molecule is Nc1ccc2c(c1)NCC21CCC1. The molecule has 0 amide bonds. The Morgan fingerprint density at radius 2 is 2.15 bits per heavy atom. The zero-order valence-electron chi connectivity index (χ0n) is 7.64. The second-order valence-electron chi connectivity index (χ2n) is 4.29. The van der Waals surface area contributed by atoms with E-state index in [9.17, 15) is 0 Å². The van der Waals surface area contributed by atoms with Gasteiger partial charge < -0.3 is 11.1 Å². The van der Waals surface area contributed by atoms with Gasteiger partial charge in [0.25, 0.3) is 0 Å². The molecule has 1 aromatic carbocycles. The van der Waals surface area contributed by atoms with Crippen molar-refractivity contribution in [3.63, 3.8) is 0 Å². The van der Waals surface area contributed by atoms with Crippen molar-refractivity contribution >= 4 is 11.4 Å². The first kappa shape index (κ1) is 7.25. The molecule has 1 heterocycles. The quantitative estimate of drug-likeness (QED) is 0.591. The Morgan fingerprint density at radius 3 is 2.85 bits per heavy atom. The number of nitrogens with two attached hydrogens (primary N) is 1. The van der Waals surface area contributed by atoms with E-state index < -0.39 is 0 Å². The van der Waals surface area contributed by atoms with Crippen LogP contribution in [-0.4, -0.2) is 6.54 Å². The molecule has 0 bridgehead atoms. The number of nitrogen functional groups attached to an aromatic ring is 1. The van der Waals surface area contributed by atoms with Crippen LogP contribution in [0, 0.1) is 0 Å². The average Bonchev–Trinajstić information content (AvgIpc) is 2.41. The Morgan fingerprint density at radius 1 is 1.31 bits per heavy atom. The van der Waals surface area contributed by atoms with Gasteiger partial charge in [0.05, 0.1) is 0 Å². The van der Waals surface area contributed by atoms with Crippen molar-refractivity contribution in [1.29, 1.82) is 0 Å². The lowest BCUT2D eigenvalue weighted by molar-refractivity contribution is 0.272. The molecule has 2 aliphatic rings. The van der Waals surface area contributed by atoms with E-state index in [-0.39, 0.29) is 0 Å². The van der Waals surface area contributed by atoms with Gasteiger partial charge in [0.2, 0.25) is 0 Å². The average molecular weight is 174 g/mol. The van der Waals surface area contributed by atoms with E-state index in [1.54, 1.807) is 0 Å². The lowest BCUT2D eigenvalue weighted by Gasteiger charge is -2.38. The van der Waals surface area contributed by atoms with Gasteiger partial charge in [-0.25, -0.2) is 0 Å². The molecule has 0 saturated heterocycles. The highest BCUT2D eigenvalue weighted by atomic mass is 14.9. The Labute approximate surface area is 78.1 Å². The monoisotopic (exact) mass is 174 g/mol. The second kappa shape index (κ2) is 2.19. The number of fused-ring (bicyclic) bond motifs is 2. The molecule has 2 nitrogen and oxygen atoms in total. The Bertz CT molecular complexity index is 353. The summed E-state index contributed by atoms with van der Waals surface area (Å²) in [5, 5.41) is 3.45. The molecule has 0 aromatic heterocycles. The van der Waals surface area contributed by atoms with Crippen molar-refractivity contribution < 1.29 is 0 Å². The van der Waals surface area contributed by atoms with Crippen LogP contribution < -0.4 is 11.1 Å². The van der Waals surface area contributed by atoms with Crippen molar-refractivity contribution in [2.45, 2.75) is 24.7 Å². The molecule has 0 atom stereocenters. The molecule has 68 valence electrons. The summed E-state index contributed by atoms with van der Waals surface area (Å²) in [7, 11) is 0. The van der Waals surface area contributed by atoms with Gasteiger partial charge in [-0.05, 0) is 30.5 Å². The highest BCUT2D eigenvalue weighted by Crippen LogP contribution is 2.50. The summed E-state index contributed by atoms with van der Waals surface area (Å²) >= 11 is 0. The lowest BCUT2D eigenvalue weighted by Crippen LogP contribution is -2.35. The van der Waals surface area contributed by atoms with Crippen LogP contribution in [0.25, 0.3) is 0 Å². The van der Waals surface area contributed by atoms with E-state index >= 15 is 0 Å². The molecule has 3 N–H and O–H groups in total. The third-order valence-electron chi connectivity index (χ3n) is 3.54. The molecule has 1 saturated carbocycles. The van der Waals surface area contributed by atoms with Gasteiger partial charge in [-0.1, -0.05) is 12.5 Å². The minimum Gasteiger partial charge on any atom is -0.399 e. The minimum atomic E-state index is 0.475. The van der Waals surface area contributed by atoms with Gasteiger partial charge in [-0.2, -0.15) is 0 Å². The number of nitrogens with one attached hydrogen (secondary N) is 1. The van der Waals surface area contributed by atoms with Crippen LogP contribution in [0.3, 0.4) is 0 Å². The van der Waals surface area contributed by atoms with Crippen LogP contribution in [0.15, 0.2) is 18.2 Å². The Balaban J connectivity index is 2.11. The summed E-state index contributed by atoms with van der Waals surface area (Å²) in [6.07, 6.45) is 4.07. The van der Waals surface area contributed by atoms with Crippen LogP contribution in [0.1, 0.15) is 24.8 Å². The zero-order valence-corrected chi connectivity index (χ0v) is 7.64. The molecule has 13 heavy (non-hydrogen) atoms. The lowest BCUT2D eigenvalue weighted by atomic mass is 9.66. The molecule has 1 fully saturated rings. The molecule has 1 aliphatic heterocycles. The third kappa shape index (κ3) is 0.831.